The van der Waals surface area contributed by atoms with Gasteiger partial charge in [0, 0.05) is 31.9 Å². The summed E-state index contributed by atoms with van der Waals surface area (Å²) in [5.74, 6) is 0.149. The molecule has 5 nitrogen and oxygen atoms in total. The molecule has 134 valence electrons. The van der Waals surface area contributed by atoms with E-state index in [1.54, 1.807) is 0 Å². The van der Waals surface area contributed by atoms with Crippen LogP contribution in [0.2, 0.25) is 0 Å². The number of likely N-dealkylation sites (tertiary alicyclic amines) is 1. The van der Waals surface area contributed by atoms with Crippen molar-refractivity contribution in [1.29, 1.82) is 0 Å². The maximum atomic E-state index is 12.5. The third kappa shape index (κ3) is 4.67. The molecule has 8 heteroatoms. The lowest BCUT2D eigenvalue weighted by atomic mass is 9.91. The molecule has 1 amide bonds. The van der Waals surface area contributed by atoms with Gasteiger partial charge in [0.05, 0.1) is 0 Å². The van der Waals surface area contributed by atoms with E-state index in [4.69, 9.17) is 5.11 Å². The van der Waals surface area contributed by atoms with Crippen LogP contribution in [0.3, 0.4) is 0 Å². The smallest absolute Gasteiger partial charge is 0.387 e. The summed E-state index contributed by atoms with van der Waals surface area (Å²) in [6.07, 6.45) is -3.19. The summed E-state index contributed by atoms with van der Waals surface area (Å²) >= 11 is 0. The van der Waals surface area contributed by atoms with E-state index in [0.29, 0.717) is 24.6 Å². The zero-order valence-corrected chi connectivity index (χ0v) is 13.7. The monoisotopic (exact) mass is 345 g/mol. The minimum atomic E-state index is -4.44. The van der Waals surface area contributed by atoms with Gasteiger partial charge in [0.25, 0.3) is 0 Å². The molecule has 0 bridgehead atoms. The van der Waals surface area contributed by atoms with Gasteiger partial charge in [-0.25, -0.2) is 0 Å². The molecule has 1 saturated heterocycles. The molecule has 1 aliphatic heterocycles. The maximum absolute atomic E-state index is 12.5. The Labute approximate surface area is 138 Å². The predicted octanol–water partition coefficient (Wildman–Crippen LogP) is 1.67. The number of aliphatic hydroxyl groups is 1. The average Bonchev–Trinajstić information content (AvgIpc) is 2.89. The van der Waals surface area contributed by atoms with E-state index < -0.39 is 24.4 Å². The SMILES string of the molecule is CC(C)C1CN(Cc2ccc(C(F)(F)F)nc2)CC1NC(=O)CO. The van der Waals surface area contributed by atoms with Crippen LogP contribution in [0.1, 0.15) is 25.1 Å². The topological polar surface area (TPSA) is 65.5 Å². The number of aromatic nitrogens is 1. The Hall–Kier alpha value is -1.67. The number of halogens is 3. The first kappa shape index (κ1) is 18.7. The van der Waals surface area contributed by atoms with Crippen LogP contribution >= 0.6 is 0 Å². The zero-order chi connectivity index (χ0) is 17.9. The molecule has 1 aromatic heterocycles. The summed E-state index contributed by atoms with van der Waals surface area (Å²) in [4.78, 5) is 17.0. The lowest BCUT2D eigenvalue weighted by Crippen LogP contribution is -2.43. The fourth-order valence-electron chi connectivity index (χ4n) is 3.07. The highest BCUT2D eigenvalue weighted by Gasteiger charge is 2.36. The summed E-state index contributed by atoms with van der Waals surface area (Å²) in [6.45, 7) is 5.37. The lowest BCUT2D eigenvalue weighted by molar-refractivity contribution is -0.141. The number of aliphatic hydroxyl groups excluding tert-OH is 1. The van der Waals surface area contributed by atoms with Crippen LogP contribution in [0.15, 0.2) is 18.3 Å². The Bertz CT molecular complexity index is 561. The fourth-order valence-corrected chi connectivity index (χ4v) is 3.07. The summed E-state index contributed by atoms with van der Waals surface area (Å²) in [6, 6.07) is 2.34. The normalized spacial score (nSPS) is 22.1. The molecule has 0 radical (unpaired) electrons. The fraction of sp³-hybridized carbons (Fsp3) is 0.625. The van der Waals surface area contributed by atoms with Crippen molar-refractivity contribution in [3.05, 3.63) is 29.6 Å². The Balaban J connectivity index is 2.01. The van der Waals surface area contributed by atoms with E-state index in [2.05, 4.69) is 29.0 Å². The van der Waals surface area contributed by atoms with Crippen LogP contribution in [-0.4, -0.2) is 46.6 Å². The van der Waals surface area contributed by atoms with Gasteiger partial charge in [-0.3, -0.25) is 14.7 Å². The number of nitrogens with one attached hydrogen (secondary N) is 1. The van der Waals surface area contributed by atoms with Gasteiger partial charge in [-0.1, -0.05) is 19.9 Å². The van der Waals surface area contributed by atoms with E-state index in [1.165, 1.54) is 12.3 Å². The molecule has 1 aromatic rings. The Morgan fingerprint density at radius 3 is 2.62 bits per heavy atom. The summed E-state index contributed by atoms with van der Waals surface area (Å²) < 4.78 is 37.6. The first-order valence-electron chi connectivity index (χ1n) is 7.85. The van der Waals surface area contributed by atoms with Crippen LogP contribution in [0, 0.1) is 11.8 Å². The summed E-state index contributed by atoms with van der Waals surface area (Å²) in [5.41, 5.74) is -0.208. The molecule has 24 heavy (non-hydrogen) atoms. The van der Waals surface area contributed by atoms with Crippen LogP contribution in [0.25, 0.3) is 0 Å². The highest BCUT2D eigenvalue weighted by atomic mass is 19.4. The molecule has 2 N–H and O–H groups in total. The lowest BCUT2D eigenvalue weighted by Gasteiger charge is -2.22. The van der Waals surface area contributed by atoms with Crippen LogP contribution < -0.4 is 5.32 Å². The molecule has 0 aromatic carbocycles. The van der Waals surface area contributed by atoms with Crippen molar-refractivity contribution in [1.82, 2.24) is 15.2 Å². The number of amides is 1. The maximum Gasteiger partial charge on any atom is 0.433 e. The Morgan fingerprint density at radius 2 is 2.12 bits per heavy atom. The molecular weight excluding hydrogens is 323 g/mol. The molecule has 1 aliphatic rings. The van der Waals surface area contributed by atoms with E-state index in [9.17, 15) is 18.0 Å². The van der Waals surface area contributed by atoms with Crippen molar-refractivity contribution in [3.8, 4) is 0 Å². The minimum Gasteiger partial charge on any atom is -0.387 e. The van der Waals surface area contributed by atoms with E-state index in [-0.39, 0.29) is 12.0 Å². The molecule has 0 aliphatic carbocycles. The minimum absolute atomic E-state index is 0.0768. The largest absolute Gasteiger partial charge is 0.433 e. The molecule has 0 spiro atoms. The summed E-state index contributed by atoms with van der Waals surface area (Å²) in [7, 11) is 0. The van der Waals surface area contributed by atoms with E-state index >= 15 is 0 Å². The predicted molar refractivity (Wildman–Crippen MR) is 81.9 cm³/mol. The third-order valence-electron chi connectivity index (χ3n) is 4.31. The number of carbonyl (C=O) groups is 1. The van der Waals surface area contributed by atoms with Crippen LogP contribution in [0.4, 0.5) is 13.2 Å². The third-order valence-corrected chi connectivity index (χ3v) is 4.31. The van der Waals surface area contributed by atoms with Crippen molar-refractivity contribution < 1.29 is 23.1 Å². The van der Waals surface area contributed by atoms with Gasteiger partial charge < -0.3 is 10.4 Å². The van der Waals surface area contributed by atoms with Crippen molar-refractivity contribution in [2.75, 3.05) is 19.7 Å². The highest BCUT2D eigenvalue weighted by Crippen LogP contribution is 2.28. The van der Waals surface area contributed by atoms with Crippen molar-refractivity contribution >= 4 is 5.91 Å². The molecule has 2 atom stereocenters. The molecule has 2 heterocycles. The van der Waals surface area contributed by atoms with Gasteiger partial charge in [-0.05, 0) is 23.5 Å². The Morgan fingerprint density at radius 1 is 1.42 bits per heavy atom. The van der Waals surface area contributed by atoms with Gasteiger partial charge in [0.15, 0.2) is 0 Å². The standard InChI is InChI=1S/C16H22F3N3O2/c1-10(2)12-7-22(8-13(12)21-15(24)9-23)6-11-3-4-14(20-5-11)16(17,18)19/h3-5,10,12-13,23H,6-9H2,1-2H3,(H,21,24). The van der Waals surface area contributed by atoms with Crippen molar-refractivity contribution in [2.45, 2.75) is 32.6 Å². The molecule has 0 saturated carbocycles. The second-order valence-electron chi connectivity index (χ2n) is 6.48. The number of pyridine rings is 1. The van der Waals surface area contributed by atoms with Gasteiger partial charge in [0.2, 0.25) is 5.91 Å². The second kappa shape index (κ2) is 7.48. The number of hydrogen-bond acceptors (Lipinski definition) is 4. The van der Waals surface area contributed by atoms with Crippen LogP contribution in [0.5, 0.6) is 0 Å². The molecule has 1 fully saturated rings. The number of rotatable bonds is 5. The molecular formula is C16H22F3N3O2. The van der Waals surface area contributed by atoms with Gasteiger partial charge >= 0.3 is 6.18 Å². The quantitative estimate of drug-likeness (QED) is 0.852. The average molecular weight is 345 g/mol. The number of hydrogen-bond donors (Lipinski definition) is 2. The van der Waals surface area contributed by atoms with Gasteiger partial charge in [-0.2, -0.15) is 13.2 Å². The molecule has 2 rings (SSSR count). The van der Waals surface area contributed by atoms with Crippen molar-refractivity contribution in [2.24, 2.45) is 11.8 Å². The van der Waals surface area contributed by atoms with Crippen LogP contribution in [-0.2, 0) is 17.5 Å². The summed E-state index contributed by atoms with van der Waals surface area (Å²) in [5, 5.41) is 11.7. The van der Waals surface area contributed by atoms with Crippen molar-refractivity contribution in [3.63, 3.8) is 0 Å². The Kier molecular flexibility index (Phi) is 5.82. The zero-order valence-electron chi connectivity index (χ0n) is 13.7. The highest BCUT2D eigenvalue weighted by molar-refractivity contribution is 5.77. The first-order chi connectivity index (χ1) is 11.2. The number of nitrogens with zero attached hydrogens (tertiary/aromatic N) is 2. The van der Waals surface area contributed by atoms with E-state index in [0.717, 1.165) is 12.6 Å². The first-order valence-corrected chi connectivity index (χ1v) is 7.85. The van der Waals surface area contributed by atoms with E-state index in [1.807, 2.05) is 0 Å². The second-order valence-corrected chi connectivity index (χ2v) is 6.48. The van der Waals surface area contributed by atoms with Gasteiger partial charge in [0.1, 0.15) is 12.3 Å². The number of carbonyl (C=O) groups excluding carboxylic acids is 1. The van der Waals surface area contributed by atoms with Gasteiger partial charge in [-0.15, -0.1) is 0 Å². The molecule has 2 unspecified atom stereocenters. The number of alkyl halides is 3.